The van der Waals surface area contributed by atoms with Gasteiger partial charge in [0.25, 0.3) is 0 Å². The minimum absolute atomic E-state index is 0.0740. The highest BCUT2D eigenvalue weighted by Crippen LogP contribution is 2.15. The molecule has 2 unspecified atom stereocenters. The molecule has 0 aliphatic heterocycles. The van der Waals surface area contributed by atoms with Crippen molar-refractivity contribution >= 4 is 17.9 Å². The third-order valence-electron chi connectivity index (χ3n) is 2.63. The second kappa shape index (κ2) is 10.9. The number of hydrogen-bond donors (Lipinski definition) is 0. The Morgan fingerprint density at radius 2 is 1.46 bits per heavy atom. The van der Waals surface area contributed by atoms with Crippen molar-refractivity contribution in [3.8, 4) is 0 Å². The van der Waals surface area contributed by atoms with E-state index in [4.69, 9.17) is 24.5 Å². The van der Waals surface area contributed by atoms with Gasteiger partial charge in [-0.25, -0.2) is 0 Å². The molecule has 0 amide bonds. The molecule has 0 radical (unpaired) electrons. The van der Waals surface area contributed by atoms with E-state index >= 15 is 0 Å². The van der Waals surface area contributed by atoms with E-state index in [0.29, 0.717) is 0 Å². The fourth-order valence-electron chi connectivity index (χ4n) is 1.48. The van der Waals surface area contributed by atoms with Crippen LogP contribution < -0.4 is 0 Å². The molecule has 10 nitrogen and oxygen atoms in total. The molecular weight excluding hydrogens is 322 g/mol. The Morgan fingerprint density at radius 1 is 1.00 bits per heavy atom. The van der Waals surface area contributed by atoms with Gasteiger partial charge in [-0.05, 0) is 12.5 Å². The first kappa shape index (κ1) is 21.3. The summed E-state index contributed by atoms with van der Waals surface area (Å²) in [5.74, 6) is -1.73. The van der Waals surface area contributed by atoms with Crippen molar-refractivity contribution in [2.24, 2.45) is 5.11 Å². The molecule has 0 bridgehead atoms. The molecule has 134 valence electrons. The zero-order chi connectivity index (χ0) is 18.7. The first-order chi connectivity index (χ1) is 11.2. The van der Waals surface area contributed by atoms with Crippen molar-refractivity contribution in [2.75, 3.05) is 13.2 Å². The molecule has 0 aliphatic rings. The maximum atomic E-state index is 11.2. The van der Waals surface area contributed by atoms with Crippen molar-refractivity contribution < 1.29 is 33.3 Å². The average Bonchev–Trinajstić information content (AvgIpc) is 2.47. The predicted octanol–water partition coefficient (Wildman–Crippen LogP) is 1.64. The van der Waals surface area contributed by atoms with Crippen LogP contribution in [-0.4, -0.2) is 49.4 Å². The van der Waals surface area contributed by atoms with Crippen LogP contribution in [0.3, 0.4) is 0 Å². The lowest BCUT2D eigenvalue weighted by atomic mass is 10.2. The molecule has 0 saturated carbocycles. The van der Waals surface area contributed by atoms with Gasteiger partial charge < -0.3 is 18.9 Å². The van der Waals surface area contributed by atoms with E-state index in [0.717, 1.165) is 0 Å². The molecule has 0 aromatic heterocycles. The SMILES string of the molecule is C=C(OC(COC(C)=O)[C@H](COC(C)=O)OC(C)=O)C(C)N=[N+]=[N-]. The fourth-order valence-corrected chi connectivity index (χ4v) is 1.48. The van der Waals surface area contributed by atoms with E-state index in [1.165, 1.54) is 27.7 Å². The minimum Gasteiger partial charge on any atom is -0.487 e. The molecular formula is C14H21N3O7. The summed E-state index contributed by atoms with van der Waals surface area (Å²) in [7, 11) is 0. The number of azide groups is 1. The average molecular weight is 343 g/mol. The van der Waals surface area contributed by atoms with Gasteiger partial charge in [-0.1, -0.05) is 11.7 Å². The predicted molar refractivity (Wildman–Crippen MR) is 81.4 cm³/mol. The first-order valence-electron chi connectivity index (χ1n) is 7.01. The second-order valence-corrected chi connectivity index (χ2v) is 4.76. The molecule has 0 aromatic carbocycles. The molecule has 0 spiro atoms. The van der Waals surface area contributed by atoms with Crippen LogP contribution in [0, 0.1) is 0 Å². The number of esters is 3. The Labute approximate surface area is 139 Å². The van der Waals surface area contributed by atoms with Gasteiger partial charge in [-0.3, -0.25) is 14.4 Å². The summed E-state index contributed by atoms with van der Waals surface area (Å²) in [6.07, 6.45) is -2.04. The zero-order valence-electron chi connectivity index (χ0n) is 14.1. The molecule has 24 heavy (non-hydrogen) atoms. The smallest absolute Gasteiger partial charge is 0.303 e. The van der Waals surface area contributed by atoms with Crippen LogP contribution in [0.4, 0.5) is 0 Å². The van der Waals surface area contributed by atoms with E-state index in [1.807, 2.05) is 0 Å². The fraction of sp³-hybridized carbons (Fsp3) is 0.643. The van der Waals surface area contributed by atoms with Crippen LogP contribution in [0.25, 0.3) is 10.4 Å². The van der Waals surface area contributed by atoms with E-state index < -0.39 is 36.2 Å². The number of hydrogen-bond acceptors (Lipinski definition) is 8. The monoisotopic (exact) mass is 343 g/mol. The lowest BCUT2D eigenvalue weighted by Crippen LogP contribution is -2.41. The van der Waals surface area contributed by atoms with Crippen molar-refractivity contribution in [1.29, 1.82) is 0 Å². The van der Waals surface area contributed by atoms with Gasteiger partial charge in [0, 0.05) is 25.7 Å². The molecule has 0 N–H and O–H groups in total. The zero-order valence-corrected chi connectivity index (χ0v) is 14.1. The van der Waals surface area contributed by atoms with Gasteiger partial charge >= 0.3 is 17.9 Å². The first-order valence-corrected chi connectivity index (χ1v) is 7.01. The summed E-state index contributed by atoms with van der Waals surface area (Å²) in [4.78, 5) is 35.9. The standard InChI is InChI=1S/C14H21N3O7/c1-8(16-17-15)9(2)23-13(6-21-10(3)18)14(24-12(5)20)7-22-11(4)19/h8,13-14H,2,6-7H2,1,3-5H3/t8?,13?,14-/m0/s1. The van der Waals surface area contributed by atoms with E-state index in [9.17, 15) is 14.4 Å². The third kappa shape index (κ3) is 9.31. The number of nitrogens with zero attached hydrogens (tertiary/aromatic N) is 3. The molecule has 3 atom stereocenters. The molecule has 0 heterocycles. The van der Waals surface area contributed by atoms with Gasteiger partial charge in [-0.2, -0.15) is 0 Å². The minimum atomic E-state index is -1.04. The molecule has 0 saturated heterocycles. The Morgan fingerprint density at radius 3 is 1.83 bits per heavy atom. The Kier molecular flexibility index (Phi) is 9.65. The van der Waals surface area contributed by atoms with E-state index in [-0.39, 0.29) is 19.0 Å². The number of carbonyl (C=O) groups is 3. The van der Waals surface area contributed by atoms with Crippen LogP contribution >= 0.6 is 0 Å². The Hall–Kier alpha value is -2.74. The molecule has 0 aromatic rings. The number of carbonyl (C=O) groups excluding carboxylic acids is 3. The Balaban J connectivity index is 5.21. The number of rotatable bonds is 10. The molecule has 0 fully saturated rings. The molecule has 10 heteroatoms. The topological polar surface area (TPSA) is 137 Å². The van der Waals surface area contributed by atoms with E-state index in [1.54, 1.807) is 0 Å². The summed E-state index contributed by atoms with van der Waals surface area (Å²) in [6.45, 7) is 8.13. The quantitative estimate of drug-likeness (QED) is 0.147. The maximum absolute atomic E-state index is 11.2. The summed E-state index contributed by atoms with van der Waals surface area (Å²) in [6, 6.07) is -0.707. The lowest BCUT2D eigenvalue weighted by molar-refractivity contribution is -0.170. The normalized spacial score (nSPS) is 13.5. The van der Waals surface area contributed by atoms with Crippen LogP contribution in [0.5, 0.6) is 0 Å². The van der Waals surface area contributed by atoms with E-state index in [2.05, 4.69) is 16.6 Å². The maximum Gasteiger partial charge on any atom is 0.303 e. The molecule has 0 aliphatic carbocycles. The highest BCUT2D eigenvalue weighted by molar-refractivity contribution is 5.67. The van der Waals surface area contributed by atoms with Crippen molar-refractivity contribution in [1.82, 2.24) is 0 Å². The highest BCUT2D eigenvalue weighted by Gasteiger charge is 2.30. The van der Waals surface area contributed by atoms with Gasteiger partial charge in [0.2, 0.25) is 0 Å². The second-order valence-electron chi connectivity index (χ2n) is 4.76. The molecule has 0 rings (SSSR count). The van der Waals surface area contributed by atoms with Crippen molar-refractivity contribution in [3.63, 3.8) is 0 Å². The largest absolute Gasteiger partial charge is 0.487 e. The lowest BCUT2D eigenvalue weighted by Gasteiger charge is -2.28. The third-order valence-corrected chi connectivity index (χ3v) is 2.63. The van der Waals surface area contributed by atoms with Crippen molar-refractivity contribution in [2.45, 2.75) is 45.9 Å². The highest BCUT2D eigenvalue weighted by atomic mass is 16.6. The van der Waals surface area contributed by atoms with Gasteiger partial charge in [0.05, 0.1) is 11.8 Å². The van der Waals surface area contributed by atoms with Gasteiger partial charge in [-0.15, -0.1) is 0 Å². The summed E-state index contributed by atoms with van der Waals surface area (Å²) in [5.41, 5.74) is 8.43. The summed E-state index contributed by atoms with van der Waals surface area (Å²) >= 11 is 0. The van der Waals surface area contributed by atoms with Crippen LogP contribution in [0.2, 0.25) is 0 Å². The van der Waals surface area contributed by atoms with Crippen molar-refractivity contribution in [3.05, 3.63) is 22.8 Å². The number of ether oxygens (including phenoxy) is 4. The Bertz CT molecular complexity index is 528. The van der Waals surface area contributed by atoms with Crippen LogP contribution in [-0.2, 0) is 33.3 Å². The summed E-state index contributed by atoms with van der Waals surface area (Å²) in [5, 5.41) is 3.42. The van der Waals surface area contributed by atoms with Gasteiger partial charge in [0.15, 0.2) is 12.2 Å². The van der Waals surface area contributed by atoms with Gasteiger partial charge in [0.1, 0.15) is 13.2 Å². The van der Waals surface area contributed by atoms with Crippen LogP contribution in [0.15, 0.2) is 17.5 Å². The van der Waals surface area contributed by atoms with Crippen LogP contribution in [0.1, 0.15) is 27.7 Å². The summed E-state index contributed by atoms with van der Waals surface area (Å²) < 4.78 is 20.3.